The maximum absolute atomic E-state index is 5.51. The van der Waals surface area contributed by atoms with E-state index in [1.54, 1.807) is 12.4 Å². The van der Waals surface area contributed by atoms with Gasteiger partial charge >= 0.3 is 0 Å². The summed E-state index contributed by atoms with van der Waals surface area (Å²) in [6.45, 7) is 5.24. The summed E-state index contributed by atoms with van der Waals surface area (Å²) in [6, 6.07) is 0.579. The number of thiocarbonyl (C=S) groups is 1. The first-order valence-corrected chi connectivity index (χ1v) is 6.59. The summed E-state index contributed by atoms with van der Waals surface area (Å²) < 4.78 is 0. The molecule has 0 radical (unpaired) electrons. The van der Waals surface area contributed by atoms with Crippen LogP contribution >= 0.6 is 12.2 Å². The summed E-state index contributed by atoms with van der Waals surface area (Å²) in [5, 5.41) is 0. The molecule has 1 aliphatic heterocycles. The van der Waals surface area contributed by atoms with Gasteiger partial charge < -0.3 is 10.6 Å². The van der Waals surface area contributed by atoms with Crippen LogP contribution < -0.4 is 10.6 Å². The molecule has 1 aliphatic rings. The predicted molar refractivity (Wildman–Crippen MR) is 76.8 cm³/mol. The fraction of sp³-hybridized carbons (Fsp3) is 0.583. The number of piperazine rings is 1. The van der Waals surface area contributed by atoms with Crippen molar-refractivity contribution in [3.8, 4) is 0 Å². The largest absolute Gasteiger partial charge is 0.388 e. The monoisotopic (exact) mass is 265 g/mol. The number of anilines is 1. The van der Waals surface area contributed by atoms with Crippen LogP contribution in [0.25, 0.3) is 0 Å². The van der Waals surface area contributed by atoms with Gasteiger partial charge in [0.15, 0.2) is 0 Å². The number of likely N-dealkylation sites (N-methyl/N-ethyl adjacent to an activating group) is 1. The van der Waals surface area contributed by atoms with Gasteiger partial charge in [0.1, 0.15) is 16.5 Å². The zero-order valence-corrected chi connectivity index (χ0v) is 11.7. The van der Waals surface area contributed by atoms with Gasteiger partial charge in [-0.1, -0.05) is 19.1 Å². The molecular formula is C12H19N5S. The van der Waals surface area contributed by atoms with Crippen LogP contribution in [0.15, 0.2) is 12.4 Å². The standard InChI is InChI=1S/C12H19N5S/c1-3-9-8-17(5-4-16(9)2)11-7-14-10(6-15-11)12(13)18/h6-7,9H,3-5,8H2,1-2H3,(H2,13,18). The molecule has 2 N–H and O–H groups in total. The molecule has 0 saturated carbocycles. The third kappa shape index (κ3) is 2.76. The molecule has 1 saturated heterocycles. The van der Waals surface area contributed by atoms with E-state index in [1.807, 2.05) is 0 Å². The van der Waals surface area contributed by atoms with Crippen LogP contribution in [0.3, 0.4) is 0 Å². The Balaban J connectivity index is 2.09. The molecule has 2 rings (SSSR count). The Hall–Kier alpha value is -1.27. The van der Waals surface area contributed by atoms with Crippen LogP contribution in [0.5, 0.6) is 0 Å². The van der Waals surface area contributed by atoms with Gasteiger partial charge in [-0.05, 0) is 13.5 Å². The van der Waals surface area contributed by atoms with Crippen molar-refractivity contribution < 1.29 is 0 Å². The van der Waals surface area contributed by atoms with Crippen LogP contribution in [-0.2, 0) is 0 Å². The second kappa shape index (κ2) is 5.58. The second-order valence-electron chi connectivity index (χ2n) is 4.61. The zero-order valence-electron chi connectivity index (χ0n) is 10.8. The topological polar surface area (TPSA) is 58.3 Å². The Morgan fingerprint density at radius 3 is 2.78 bits per heavy atom. The lowest BCUT2D eigenvalue weighted by atomic mass is 10.1. The number of rotatable bonds is 3. The van der Waals surface area contributed by atoms with Gasteiger partial charge in [0.05, 0.1) is 12.4 Å². The minimum absolute atomic E-state index is 0.291. The summed E-state index contributed by atoms with van der Waals surface area (Å²) in [5.74, 6) is 0.904. The van der Waals surface area contributed by atoms with Crippen molar-refractivity contribution in [2.75, 3.05) is 31.6 Å². The van der Waals surface area contributed by atoms with Crippen molar-refractivity contribution in [1.29, 1.82) is 0 Å². The molecule has 6 heteroatoms. The minimum atomic E-state index is 0.291. The van der Waals surface area contributed by atoms with Crippen LogP contribution in [0, 0.1) is 0 Å². The predicted octanol–water partition coefficient (Wildman–Crippen LogP) is 0.641. The maximum Gasteiger partial charge on any atom is 0.147 e. The number of hydrogen-bond acceptors (Lipinski definition) is 5. The van der Waals surface area contributed by atoms with E-state index >= 15 is 0 Å². The Morgan fingerprint density at radius 2 is 2.22 bits per heavy atom. The van der Waals surface area contributed by atoms with E-state index in [0.717, 1.165) is 31.9 Å². The first-order valence-electron chi connectivity index (χ1n) is 6.19. The summed E-state index contributed by atoms with van der Waals surface area (Å²) in [5.41, 5.74) is 6.09. The Kier molecular flexibility index (Phi) is 4.08. The lowest BCUT2D eigenvalue weighted by Gasteiger charge is -2.39. The molecule has 0 spiro atoms. The Morgan fingerprint density at radius 1 is 1.44 bits per heavy atom. The van der Waals surface area contributed by atoms with E-state index in [4.69, 9.17) is 18.0 Å². The van der Waals surface area contributed by atoms with E-state index < -0.39 is 0 Å². The highest BCUT2D eigenvalue weighted by atomic mass is 32.1. The van der Waals surface area contributed by atoms with Crippen molar-refractivity contribution >= 4 is 23.0 Å². The number of nitrogens with zero attached hydrogens (tertiary/aromatic N) is 4. The number of hydrogen-bond donors (Lipinski definition) is 1. The molecule has 98 valence electrons. The lowest BCUT2D eigenvalue weighted by Crippen LogP contribution is -2.51. The average molecular weight is 265 g/mol. The summed E-state index contributed by atoms with van der Waals surface area (Å²) >= 11 is 4.87. The normalized spacial score (nSPS) is 21.0. The Bertz CT molecular complexity index is 419. The van der Waals surface area contributed by atoms with E-state index in [0.29, 0.717) is 16.7 Å². The van der Waals surface area contributed by atoms with Crippen LogP contribution in [0.1, 0.15) is 19.0 Å². The molecule has 1 aromatic heterocycles. The van der Waals surface area contributed by atoms with Gasteiger partial charge in [-0.3, -0.25) is 4.90 Å². The van der Waals surface area contributed by atoms with E-state index in [2.05, 4.69) is 33.7 Å². The van der Waals surface area contributed by atoms with Crippen molar-refractivity contribution in [2.24, 2.45) is 5.73 Å². The molecule has 1 unspecified atom stereocenters. The van der Waals surface area contributed by atoms with Crippen molar-refractivity contribution in [2.45, 2.75) is 19.4 Å². The molecule has 0 aliphatic carbocycles. The first-order chi connectivity index (χ1) is 8.61. The van der Waals surface area contributed by atoms with Crippen molar-refractivity contribution in [3.63, 3.8) is 0 Å². The fourth-order valence-corrected chi connectivity index (χ4v) is 2.31. The van der Waals surface area contributed by atoms with E-state index in [-0.39, 0.29) is 0 Å². The number of nitrogens with two attached hydrogens (primary N) is 1. The summed E-state index contributed by atoms with van der Waals surface area (Å²) in [6.07, 6.45) is 4.55. The molecule has 5 nitrogen and oxygen atoms in total. The van der Waals surface area contributed by atoms with Gasteiger partial charge in [0, 0.05) is 25.7 Å². The molecule has 0 aromatic carbocycles. The van der Waals surface area contributed by atoms with Gasteiger partial charge in [-0.15, -0.1) is 0 Å². The highest BCUT2D eigenvalue weighted by molar-refractivity contribution is 7.80. The Labute approximate surface area is 113 Å². The number of aromatic nitrogens is 2. The third-order valence-corrected chi connectivity index (χ3v) is 3.67. The molecular weight excluding hydrogens is 246 g/mol. The van der Waals surface area contributed by atoms with Crippen molar-refractivity contribution in [1.82, 2.24) is 14.9 Å². The average Bonchev–Trinajstić information content (AvgIpc) is 2.39. The molecule has 18 heavy (non-hydrogen) atoms. The molecule has 0 bridgehead atoms. The smallest absolute Gasteiger partial charge is 0.147 e. The van der Waals surface area contributed by atoms with Gasteiger partial charge in [-0.2, -0.15) is 0 Å². The maximum atomic E-state index is 5.51. The van der Waals surface area contributed by atoms with Crippen LogP contribution in [0.4, 0.5) is 5.82 Å². The third-order valence-electron chi connectivity index (χ3n) is 3.46. The van der Waals surface area contributed by atoms with E-state index in [9.17, 15) is 0 Å². The van der Waals surface area contributed by atoms with E-state index in [1.165, 1.54) is 0 Å². The quantitative estimate of drug-likeness (QED) is 0.810. The SMILES string of the molecule is CCC1CN(c2cnc(C(N)=S)cn2)CCN1C. The second-order valence-corrected chi connectivity index (χ2v) is 5.05. The molecule has 1 aromatic rings. The summed E-state index contributed by atoms with van der Waals surface area (Å²) in [4.78, 5) is 13.6. The molecule has 1 fully saturated rings. The highest BCUT2D eigenvalue weighted by Gasteiger charge is 2.23. The van der Waals surface area contributed by atoms with Crippen molar-refractivity contribution in [3.05, 3.63) is 18.1 Å². The summed E-state index contributed by atoms with van der Waals surface area (Å²) in [7, 11) is 2.17. The molecule has 2 heterocycles. The van der Waals surface area contributed by atoms with Gasteiger partial charge in [-0.25, -0.2) is 9.97 Å². The van der Waals surface area contributed by atoms with Crippen LogP contribution in [-0.4, -0.2) is 52.6 Å². The molecule has 1 atom stereocenters. The van der Waals surface area contributed by atoms with Crippen LogP contribution in [0.2, 0.25) is 0 Å². The fourth-order valence-electron chi connectivity index (χ4n) is 2.21. The minimum Gasteiger partial charge on any atom is -0.388 e. The zero-order chi connectivity index (χ0) is 13.1. The highest BCUT2D eigenvalue weighted by Crippen LogP contribution is 2.16. The van der Waals surface area contributed by atoms with Gasteiger partial charge in [0.25, 0.3) is 0 Å². The van der Waals surface area contributed by atoms with Gasteiger partial charge in [0.2, 0.25) is 0 Å². The first kappa shape index (κ1) is 13.2. The lowest BCUT2D eigenvalue weighted by molar-refractivity contribution is 0.213. The molecule has 0 amide bonds.